The molecule has 3 rings (SSSR count). The first-order valence-corrected chi connectivity index (χ1v) is 8.61. The van der Waals surface area contributed by atoms with Crippen LogP contribution in [0.3, 0.4) is 0 Å². The quantitative estimate of drug-likeness (QED) is 0.929. The molecule has 1 aliphatic heterocycles. The Bertz CT molecular complexity index is 710. The van der Waals surface area contributed by atoms with Crippen molar-refractivity contribution >= 4 is 11.6 Å². The molecule has 5 heteroatoms. The second kappa shape index (κ2) is 7.57. The van der Waals surface area contributed by atoms with Crippen LogP contribution >= 0.6 is 0 Å². The topological polar surface area (TPSA) is 47.0 Å². The van der Waals surface area contributed by atoms with Crippen molar-refractivity contribution in [3.8, 4) is 5.75 Å². The molecule has 0 radical (unpaired) electrons. The standard InChI is InChI=1S/C20H25N3O2/c1-21(2)20(25)19(16-8-4-3-5-9-16)23-14-12-22(13-15-23)17-10-6-7-11-18(17)24/h3-11,19,24H,12-15H2,1-2H3. The number of hydrogen-bond acceptors (Lipinski definition) is 4. The van der Waals surface area contributed by atoms with E-state index in [-0.39, 0.29) is 11.9 Å². The molecule has 1 unspecified atom stereocenters. The third kappa shape index (κ3) is 3.77. The Morgan fingerprint density at radius 2 is 1.56 bits per heavy atom. The van der Waals surface area contributed by atoms with E-state index in [1.54, 1.807) is 25.1 Å². The highest BCUT2D eigenvalue weighted by Gasteiger charge is 2.31. The Hall–Kier alpha value is -2.53. The fourth-order valence-corrected chi connectivity index (χ4v) is 3.34. The number of amides is 1. The molecule has 1 atom stereocenters. The zero-order chi connectivity index (χ0) is 17.8. The lowest BCUT2D eigenvalue weighted by Crippen LogP contribution is -2.51. The summed E-state index contributed by atoms with van der Waals surface area (Å²) >= 11 is 0. The molecule has 1 aliphatic rings. The molecule has 1 fully saturated rings. The molecule has 1 N–H and O–H groups in total. The summed E-state index contributed by atoms with van der Waals surface area (Å²) in [4.78, 5) is 18.8. The van der Waals surface area contributed by atoms with Gasteiger partial charge in [0, 0.05) is 40.3 Å². The van der Waals surface area contributed by atoms with E-state index in [1.807, 2.05) is 48.5 Å². The number of para-hydroxylation sites is 2. The maximum atomic E-state index is 12.8. The van der Waals surface area contributed by atoms with Crippen LogP contribution in [0, 0.1) is 0 Å². The van der Waals surface area contributed by atoms with E-state index >= 15 is 0 Å². The number of nitrogens with zero attached hydrogens (tertiary/aromatic N) is 3. The van der Waals surface area contributed by atoms with Crippen LogP contribution in [0.25, 0.3) is 0 Å². The van der Waals surface area contributed by atoms with Gasteiger partial charge < -0.3 is 14.9 Å². The van der Waals surface area contributed by atoms with Crippen molar-refractivity contribution in [3.05, 3.63) is 60.2 Å². The van der Waals surface area contributed by atoms with Crippen molar-refractivity contribution in [1.82, 2.24) is 9.80 Å². The molecule has 5 nitrogen and oxygen atoms in total. The van der Waals surface area contributed by atoms with E-state index in [4.69, 9.17) is 0 Å². The molecule has 2 aromatic rings. The van der Waals surface area contributed by atoms with Gasteiger partial charge in [0.05, 0.1) is 5.69 Å². The van der Waals surface area contributed by atoms with Crippen molar-refractivity contribution in [2.45, 2.75) is 6.04 Å². The van der Waals surface area contributed by atoms with E-state index in [2.05, 4.69) is 9.80 Å². The number of carbonyl (C=O) groups is 1. The highest BCUT2D eigenvalue weighted by Crippen LogP contribution is 2.29. The summed E-state index contributed by atoms with van der Waals surface area (Å²) < 4.78 is 0. The number of phenolic OH excluding ortho intramolecular Hbond substituents is 1. The zero-order valence-corrected chi connectivity index (χ0v) is 14.8. The third-order valence-electron chi connectivity index (χ3n) is 4.69. The molecule has 25 heavy (non-hydrogen) atoms. The average molecular weight is 339 g/mol. The Balaban J connectivity index is 1.76. The SMILES string of the molecule is CN(C)C(=O)C(c1ccccc1)N1CCN(c2ccccc2O)CC1. The average Bonchev–Trinajstić information content (AvgIpc) is 2.64. The summed E-state index contributed by atoms with van der Waals surface area (Å²) in [6.45, 7) is 3.10. The predicted molar refractivity (Wildman–Crippen MR) is 99.8 cm³/mol. The largest absolute Gasteiger partial charge is 0.506 e. The minimum absolute atomic E-state index is 0.0993. The lowest BCUT2D eigenvalue weighted by atomic mass is 10.0. The van der Waals surface area contributed by atoms with Gasteiger partial charge in [0.25, 0.3) is 0 Å². The van der Waals surface area contributed by atoms with Gasteiger partial charge in [-0.1, -0.05) is 42.5 Å². The first-order chi connectivity index (χ1) is 12.1. The van der Waals surface area contributed by atoms with Crippen molar-refractivity contribution in [1.29, 1.82) is 0 Å². The van der Waals surface area contributed by atoms with E-state index in [0.29, 0.717) is 5.75 Å². The number of aromatic hydroxyl groups is 1. The molecule has 0 spiro atoms. The van der Waals surface area contributed by atoms with Gasteiger partial charge in [-0.3, -0.25) is 9.69 Å². The number of hydrogen-bond donors (Lipinski definition) is 1. The smallest absolute Gasteiger partial charge is 0.244 e. The summed E-state index contributed by atoms with van der Waals surface area (Å²) in [5.74, 6) is 0.405. The van der Waals surface area contributed by atoms with Crippen LogP contribution in [-0.2, 0) is 4.79 Å². The molecule has 2 aromatic carbocycles. The highest BCUT2D eigenvalue weighted by atomic mass is 16.3. The number of phenols is 1. The number of likely N-dealkylation sites (N-methyl/N-ethyl adjacent to an activating group) is 1. The van der Waals surface area contributed by atoms with E-state index in [9.17, 15) is 9.90 Å². The van der Waals surface area contributed by atoms with Crippen molar-refractivity contribution in [2.24, 2.45) is 0 Å². The fourth-order valence-electron chi connectivity index (χ4n) is 3.34. The van der Waals surface area contributed by atoms with Gasteiger partial charge in [-0.2, -0.15) is 0 Å². The van der Waals surface area contributed by atoms with Crippen molar-refractivity contribution < 1.29 is 9.90 Å². The summed E-state index contributed by atoms with van der Waals surface area (Å²) in [6, 6.07) is 17.1. The summed E-state index contributed by atoms with van der Waals surface area (Å²) in [5, 5.41) is 10.1. The molecule has 0 aliphatic carbocycles. The van der Waals surface area contributed by atoms with Crippen LogP contribution < -0.4 is 4.90 Å². The van der Waals surface area contributed by atoms with Gasteiger partial charge in [-0.15, -0.1) is 0 Å². The Morgan fingerprint density at radius 3 is 2.16 bits per heavy atom. The van der Waals surface area contributed by atoms with Crippen LogP contribution in [0.2, 0.25) is 0 Å². The maximum Gasteiger partial charge on any atom is 0.244 e. The molecular weight excluding hydrogens is 314 g/mol. The van der Waals surface area contributed by atoms with Crippen molar-refractivity contribution in [3.63, 3.8) is 0 Å². The van der Waals surface area contributed by atoms with Crippen LogP contribution in [0.1, 0.15) is 11.6 Å². The summed E-state index contributed by atoms with van der Waals surface area (Å²) in [5.41, 5.74) is 1.88. The van der Waals surface area contributed by atoms with Crippen LogP contribution in [-0.4, -0.2) is 61.1 Å². The minimum Gasteiger partial charge on any atom is -0.506 e. The minimum atomic E-state index is -0.261. The van der Waals surface area contributed by atoms with Crippen LogP contribution in [0.5, 0.6) is 5.75 Å². The normalized spacial score (nSPS) is 16.5. The molecule has 1 saturated heterocycles. The Kier molecular flexibility index (Phi) is 5.24. The second-order valence-electron chi connectivity index (χ2n) is 6.56. The molecule has 0 aromatic heterocycles. The maximum absolute atomic E-state index is 12.8. The van der Waals surface area contributed by atoms with Gasteiger partial charge in [-0.05, 0) is 17.7 Å². The number of benzene rings is 2. The lowest BCUT2D eigenvalue weighted by Gasteiger charge is -2.40. The highest BCUT2D eigenvalue weighted by molar-refractivity contribution is 5.83. The monoisotopic (exact) mass is 339 g/mol. The van der Waals surface area contributed by atoms with Crippen LogP contribution in [0.15, 0.2) is 54.6 Å². The predicted octanol–water partition coefficient (Wildman–Crippen LogP) is 2.34. The zero-order valence-electron chi connectivity index (χ0n) is 14.8. The van der Waals surface area contributed by atoms with Gasteiger partial charge in [-0.25, -0.2) is 0 Å². The molecule has 1 heterocycles. The summed E-state index contributed by atoms with van der Waals surface area (Å²) in [7, 11) is 3.60. The molecule has 0 bridgehead atoms. The molecule has 132 valence electrons. The van der Waals surface area contributed by atoms with Crippen molar-refractivity contribution in [2.75, 3.05) is 45.2 Å². The molecule has 0 saturated carbocycles. The van der Waals surface area contributed by atoms with Gasteiger partial charge in [0.15, 0.2) is 0 Å². The number of carbonyl (C=O) groups excluding carboxylic acids is 1. The van der Waals surface area contributed by atoms with E-state index in [0.717, 1.165) is 37.4 Å². The lowest BCUT2D eigenvalue weighted by molar-refractivity contribution is -0.134. The first-order valence-electron chi connectivity index (χ1n) is 8.61. The number of anilines is 1. The second-order valence-corrected chi connectivity index (χ2v) is 6.56. The molecule has 1 amide bonds. The fraction of sp³-hybridized carbons (Fsp3) is 0.350. The van der Waals surface area contributed by atoms with E-state index in [1.165, 1.54) is 0 Å². The first kappa shape index (κ1) is 17.3. The number of rotatable bonds is 4. The van der Waals surface area contributed by atoms with E-state index < -0.39 is 0 Å². The number of piperazine rings is 1. The van der Waals surface area contributed by atoms with Crippen LogP contribution in [0.4, 0.5) is 5.69 Å². The Morgan fingerprint density at radius 1 is 0.960 bits per heavy atom. The van der Waals surface area contributed by atoms with Gasteiger partial charge in [0.2, 0.25) is 5.91 Å². The molecular formula is C20H25N3O2. The summed E-state index contributed by atoms with van der Waals surface area (Å²) in [6.07, 6.45) is 0. The Labute approximate surface area is 149 Å². The van der Waals surface area contributed by atoms with Gasteiger partial charge >= 0.3 is 0 Å². The van der Waals surface area contributed by atoms with Gasteiger partial charge in [0.1, 0.15) is 11.8 Å². The third-order valence-corrected chi connectivity index (χ3v) is 4.69.